The van der Waals surface area contributed by atoms with E-state index in [2.05, 4.69) is 20.9 Å². The van der Waals surface area contributed by atoms with Crippen LogP contribution in [0.15, 0.2) is 15.5 Å². The van der Waals surface area contributed by atoms with Gasteiger partial charge in [-0.1, -0.05) is 0 Å². The lowest BCUT2D eigenvalue weighted by molar-refractivity contribution is 0.526. The molecular formula is C8H10BrNOS. The van der Waals surface area contributed by atoms with E-state index in [0.29, 0.717) is 10.7 Å². The first-order valence-electron chi connectivity index (χ1n) is 4.05. The Labute approximate surface area is 84.3 Å². The second-order valence-corrected chi connectivity index (χ2v) is 4.77. The van der Waals surface area contributed by atoms with Crippen molar-refractivity contribution in [3.63, 3.8) is 0 Å². The Hall–Kier alpha value is 0.0400. The molecule has 66 valence electrons. The molecule has 0 saturated carbocycles. The lowest BCUT2D eigenvalue weighted by Crippen LogP contribution is -2.08. The van der Waals surface area contributed by atoms with E-state index in [1.54, 1.807) is 6.26 Å². The second-order valence-electron chi connectivity index (χ2n) is 2.94. The summed E-state index contributed by atoms with van der Waals surface area (Å²) < 4.78 is 5.11. The number of hydrogen-bond acceptors (Lipinski definition) is 3. The molecule has 1 aromatic rings. The van der Waals surface area contributed by atoms with Crippen molar-refractivity contribution < 1.29 is 4.42 Å². The predicted molar refractivity (Wildman–Crippen MR) is 53.5 cm³/mol. The Morgan fingerprint density at radius 2 is 2.58 bits per heavy atom. The van der Waals surface area contributed by atoms with Gasteiger partial charge in [0.15, 0.2) is 0 Å². The zero-order valence-electron chi connectivity index (χ0n) is 6.62. The fourth-order valence-corrected chi connectivity index (χ4v) is 2.88. The Bertz CT molecular complexity index is 257. The summed E-state index contributed by atoms with van der Waals surface area (Å²) in [6.07, 6.45) is 4.33. The number of halogens is 1. The van der Waals surface area contributed by atoms with Crippen molar-refractivity contribution >= 4 is 27.7 Å². The molecule has 1 aliphatic rings. The van der Waals surface area contributed by atoms with E-state index in [1.807, 2.05) is 11.8 Å². The van der Waals surface area contributed by atoms with Gasteiger partial charge >= 0.3 is 0 Å². The van der Waals surface area contributed by atoms with Gasteiger partial charge in [-0.2, -0.15) is 11.8 Å². The van der Waals surface area contributed by atoms with Crippen molar-refractivity contribution in [2.45, 2.75) is 18.8 Å². The molecule has 4 heteroatoms. The van der Waals surface area contributed by atoms with Gasteiger partial charge in [0, 0.05) is 27.6 Å². The summed E-state index contributed by atoms with van der Waals surface area (Å²) in [7, 11) is 0. The summed E-state index contributed by atoms with van der Waals surface area (Å²) in [5, 5.41) is 0. The van der Waals surface area contributed by atoms with Crippen LogP contribution in [0.5, 0.6) is 0 Å². The monoisotopic (exact) mass is 247 g/mol. The first kappa shape index (κ1) is 8.63. The van der Waals surface area contributed by atoms with Crippen LogP contribution in [0, 0.1) is 0 Å². The largest absolute Gasteiger partial charge is 0.439 e. The number of hydrogen-bond donors (Lipinski definition) is 0. The highest BCUT2D eigenvalue weighted by atomic mass is 79.9. The average molecular weight is 248 g/mol. The molecule has 0 radical (unpaired) electrons. The molecule has 0 bridgehead atoms. The third-order valence-corrected chi connectivity index (χ3v) is 3.65. The second kappa shape index (κ2) is 3.83. The maximum Gasteiger partial charge on any atom is 0.264 e. The normalized spacial score (nSPS) is 24.2. The fraction of sp³-hybridized carbons (Fsp3) is 0.625. The number of nitrogens with zero attached hydrogens (tertiary/aromatic N) is 1. The van der Waals surface area contributed by atoms with Gasteiger partial charge in [-0.25, -0.2) is 4.98 Å². The molecule has 2 nitrogen and oxygen atoms in total. The smallest absolute Gasteiger partial charge is 0.264 e. The molecule has 1 aromatic heterocycles. The molecule has 1 atom stereocenters. The van der Waals surface area contributed by atoms with Crippen molar-refractivity contribution in [3.8, 4) is 0 Å². The minimum absolute atomic E-state index is 0.605. The molecule has 1 aliphatic heterocycles. The van der Waals surface area contributed by atoms with Crippen molar-refractivity contribution in [3.05, 3.63) is 16.8 Å². The van der Waals surface area contributed by atoms with E-state index in [0.717, 1.165) is 5.69 Å². The number of rotatable bonds is 1. The minimum Gasteiger partial charge on any atom is -0.439 e. The van der Waals surface area contributed by atoms with Crippen molar-refractivity contribution in [1.29, 1.82) is 0 Å². The van der Waals surface area contributed by atoms with Crippen LogP contribution >= 0.6 is 27.7 Å². The number of thioether (sulfide) groups is 1. The summed E-state index contributed by atoms with van der Waals surface area (Å²) in [5.41, 5.74) is 1.11. The quantitative estimate of drug-likeness (QED) is 0.764. The van der Waals surface area contributed by atoms with Gasteiger partial charge in [-0.15, -0.1) is 0 Å². The van der Waals surface area contributed by atoms with Crippen LogP contribution in [0.4, 0.5) is 0 Å². The third kappa shape index (κ3) is 1.85. The van der Waals surface area contributed by atoms with Crippen molar-refractivity contribution in [2.75, 3.05) is 11.5 Å². The average Bonchev–Trinajstić information content (AvgIpc) is 2.54. The highest BCUT2D eigenvalue weighted by molar-refractivity contribution is 9.10. The zero-order valence-corrected chi connectivity index (χ0v) is 9.03. The Morgan fingerprint density at radius 3 is 3.17 bits per heavy atom. The summed E-state index contributed by atoms with van der Waals surface area (Å²) in [4.78, 5) is 4.88. The summed E-state index contributed by atoms with van der Waals surface area (Å²) in [6, 6.07) is 0. The van der Waals surface area contributed by atoms with Crippen LogP contribution in [0.1, 0.15) is 24.5 Å². The van der Waals surface area contributed by atoms with Gasteiger partial charge in [0.2, 0.25) is 0 Å². The molecule has 1 saturated heterocycles. The predicted octanol–water partition coefficient (Wildman–Crippen LogP) is 3.05. The van der Waals surface area contributed by atoms with Crippen LogP contribution < -0.4 is 0 Å². The standard InChI is InChI=1S/C8H10BrNOS/c9-8-10-7(4-11-8)6-2-1-3-12-5-6/h4,6H,1-3,5H2. The van der Waals surface area contributed by atoms with Crippen LogP contribution in [0.25, 0.3) is 0 Å². The van der Waals surface area contributed by atoms with Crippen LogP contribution in [0.2, 0.25) is 0 Å². The highest BCUT2D eigenvalue weighted by Crippen LogP contribution is 2.31. The highest BCUT2D eigenvalue weighted by Gasteiger charge is 2.18. The van der Waals surface area contributed by atoms with Gasteiger partial charge in [-0.05, 0) is 18.6 Å². The molecule has 1 fully saturated rings. The van der Waals surface area contributed by atoms with Gasteiger partial charge in [0.25, 0.3) is 4.80 Å². The van der Waals surface area contributed by atoms with Gasteiger partial charge in [0.1, 0.15) is 6.26 Å². The van der Waals surface area contributed by atoms with Crippen LogP contribution in [-0.2, 0) is 0 Å². The molecule has 0 aromatic carbocycles. The Morgan fingerprint density at radius 1 is 1.67 bits per heavy atom. The Balaban J connectivity index is 2.08. The molecule has 2 heterocycles. The molecular weight excluding hydrogens is 238 g/mol. The summed E-state index contributed by atoms with van der Waals surface area (Å²) in [5.74, 6) is 3.10. The SMILES string of the molecule is Brc1nc(C2CCCSC2)co1. The molecule has 12 heavy (non-hydrogen) atoms. The fourth-order valence-electron chi connectivity index (χ4n) is 1.42. The topological polar surface area (TPSA) is 26.0 Å². The maximum atomic E-state index is 5.11. The number of aromatic nitrogens is 1. The van der Waals surface area contributed by atoms with E-state index in [-0.39, 0.29) is 0 Å². The molecule has 2 rings (SSSR count). The van der Waals surface area contributed by atoms with Gasteiger partial charge in [0.05, 0.1) is 5.69 Å². The van der Waals surface area contributed by atoms with E-state index < -0.39 is 0 Å². The molecule has 0 aliphatic carbocycles. The van der Waals surface area contributed by atoms with Gasteiger partial charge < -0.3 is 4.42 Å². The van der Waals surface area contributed by atoms with E-state index >= 15 is 0 Å². The minimum atomic E-state index is 0.605. The summed E-state index contributed by atoms with van der Waals surface area (Å²) in [6.45, 7) is 0. The van der Waals surface area contributed by atoms with Gasteiger partial charge in [-0.3, -0.25) is 0 Å². The van der Waals surface area contributed by atoms with Crippen molar-refractivity contribution in [2.24, 2.45) is 0 Å². The molecule has 0 N–H and O–H groups in total. The molecule has 1 unspecified atom stereocenters. The van der Waals surface area contributed by atoms with E-state index in [4.69, 9.17) is 4.42 Å². The third-order valence-electron chi connectivity index (χ3n) is 2.07. The lowest BCUT2D eigenvalue weighted by Gasteiger charge is -2.18. The molecule has 0 amide bonds. The summed E-state index contributed by atoms with van der Waals surface area (Å²) >= 11 is 5.22. The lowest BCUT2D eigenvalue weighted by atomic mass is 10.0. The van der Waals surface area contributed by atoms with Crippen LogP contribution in [-0.4, -0.2) is 16.5 Å². The Kier molecular flexibility index (Phi) is 2.76. The van der Waals surface area contributed by atoms with Crippen molar-refractivity contribution in [1.82, 2.24) is 4.98 Å². The first-order valence-corrected chi connectivity index (χ1v) is 5.99. The molecule has 0 spiro atoms. The van der Waals surface area contributed by atoms with E-state index in [1.165, 1.54) is 24.3 Å². The van der Waals surface area contributed by atoms with E-state index in [9.17, 15) is 0 Å². The maximum absolute atomic E-state index is 5.11. The first-order chi connectivity index (χ1) is 5.86. The zero-order chi connectivity index (χ0) is 8.39. The number of oxazole rings is 1. The van der Waals surface area contributed by atoms with Crippen LogP contribution in [0.3, 0.4) is 0 Å².